The lowest BCUT2D eigenvalue weighted by molar-refractivity contribution is -0.135. The third-order valence-electron chi connectivity index (χ3n) is 4.18. The molecule has 0 heterocycles. The zero-order valence-electron chi connectivity index (χ0n) is 16.5. The van der Waals surface area contributed by atoms with Gasteiger partial charge in [-0.15, -0.1) is 0 Å². The third-order valence-corrected chi connectivity index (χ3v) is 4.18. The molecule has 0 atom stereocenters. The summed E-state index contributed by atoms with van der Waals surface area (Å²) in [5.41, 5.74) is 1.18. The molecule has 0 unspecified atom stereocenters. The molecule has 0 amide bonds. The summed E-state index contributed by atoms with van der Waals surface area (Å²) in [7, 11) is 0. The van der Waals surface area contributed by atoms with Crippen LogP contribution in [0.4, 0.5) is 0 Å². The Bertz CT molecular complexity index is 696. The van der Waals surface area contributed by atoms with E-state index in [4.69, 9.17) is 4.74 Å². The molecule has 0 bridgehead atoms. The lowest BCUT2D eigenvalue weighted by Gasteiger charge is -2.11. The van der Waals surface area contributed by atoms with Crippen LogP contribution in [0.25, 0.3) is 6.08 Å². The van der Waals surface area contributed by atoms with E-state index in [1.807, 2.05) is 30.3 Å². The van der Waals surface area contributed by atoms with Gasteiger partial charge in [-0.3, -0.25) is 0 Å². The summed E-state index contributed by atoms with van der Waals surface area (Å²) >= 11 is 0. The largest absolute Gasteiger partial charge is 0.478 e. The van der Waals surface area contributed by atoms with Gasteiger partial charge in [0.1, 0.15) is 5.76 Å². The molecule has 1 N–H and O–H groups in total. The Hall–Kier alpha value is -2.62. The molecule has 0 saturated carbocycles. The summed E-state index contributed by atoms with van der Waals surface area (Å²) in [5, 5.41) is 9.25. The minimum absolute atomic E-state index is 0.0621. The number of carbonyl (C=O) groups excluding carboxylic acids is 1. The molecule has 0 aliphatic rings. The molecule has 146 valence electrons. The summed E-state index contributed by atoms with van der Waals surface area (Å²) in [6.07, 6.45) is 7.75. The normalized spacial score (nSPS) is 12.1. The lowest BCUT2D eigenvalue weighted by Crippen LogP contribution is -2.10. The van der Waals surface area contributed by atoms with Crippen LogP contribution in [0, 0.1) is 5.92 Å². The molecule has 1 aromatic carbocycles. The summed E-state index contributed by atoms with van der Waals surface area (Å²) in [5.74, 6) is -0.838. The number of hydrogen-bond acceptors (Lipinski definition) is 3. The van der Waals surface area contributed by atoms with Gasteiger partial charge in [-0.2, -0.15) is 0 Å². The number of esters is 1. The number of benzene rings is 1. The Morgan fingerprint density at radius 3 is 2.41 bits per heavy atom. The zero-order valence-corrected chi connectivity index (χ0v) is 16.5. The first-order chi connectivity index (χ1) is 12.8. The van der Waals surface area contributed by atoms with E-state index in [0.717, 1.165) is 31.2 Å². The minimum Gasteiger partial charge on any atom is -0.478 e. The predicted molar refractivity (Wildman–Crippen MR) is 109 cm³/mol. The maximum absolute atomic E-state index is 12.3. The van der Waals surface area contributed by atoms with Gasteiger partial charge in [0.25, 0.3) is 0 Å². The topological polar surface area (TPSA) is 63.6 Å². The number of aliphatic carboxylic acids is 1. The Labute approximate surface area is 162 Å². The van der Waals surface area contributed by atoms with Crippen molar-refractivity contribution in [2.75, 3.05) is 0 Å². The number of ether oxygens (including phenoxy) is 1. The fourth-order valence-electron chi connectivity index (χ4n) is 2.46. The van der Waals surface area contributed by atoms with Crippen LogP contribution in [-0.4, -0.2) is 17.0 Å². The second-order valence-corrected chi connectivity index (χ2v) is 7.01. The van der Waals surface area contributed by atoms with Gasteiger partial charge >= 0.3 is 11.9 Å². The van der Waals surface area contributed by atoms with Crippen LogP contribution < -0.4 is 0 Å². The highest BCUT2D eigenvalue weighted by Gasteiger charge is 2.16. The number of allylic oxidation sites excluding steroid dienone is 1. The molecular formula is C23H30O4. The van der Waals surface area contributed by atoms with E-state index in [-0.39, 0.29) is 16.9 Å². The molecular weight excluding hydrogens is 340 g/mol. The summed E-state index contributed by atoms with van der Waals surface area (Å²) in [6, 6.07) is 9.53. The van der Waals surface area contributed by atoms with Crippen molar-refractivity contribution in [3.8, 4) is 0 Å². The molecule has 1 aromatic rings. The number of carboxylic acids is 1. The molecule has 0 saturated heterocycles. The maximum Gasteiger partial charge on any atom is 0.342 e. The second kappa shape index (κ2) is 11.9. The van der Waals surface area contributed by atoms with E-state index in [1.54, 1.807) is 12.2 Å². The summed E-state index contributed by atoms with van der Waals surface area (Å²) in [6.45, 7) is 9.54. The average molecular weight is 370 g/mol. The van der Waals surface area contributed by atoms with Crippen LogP contribution in [0.3, 0.4) is 0 Å². The van der Waals surface area contributed by atoms with E-state index in [2.05, 4.69) is 20.4 Å². The van der Waals surface area contributed by atoms with Crippen molar-refractivity contribution in [3.63, 3.8) is 0 Å². The van der Waals surface area contributed by atoms with Gasteiger partial charge in [0.2, 0.25) is 0 Å². The molecule has 0 fully saturated rings. The van der Waals surface area contributed by atoms with Crippen LogP contribution in [-0.2, 0) is 14.3 Å². The van der Waals surface area contributed by atoms with Crippen LogP contribution in [0.5, 0.6) is 0 Å². The van der Waals surface area contributed by atoms with E-state index < -0.39 is 11.9 Å². The average Bonchev–Trinajstić information content (AvgIpc) is 2.64. The number of rotatable bonds is 11. The van der Waals surface area contributed by atoms with Gasteiger partial charge in [0.05, 0.1) is 11.1 Å². The lowest BCUT2D eigenvalue weighted by atomic mass is 10.0. The van der Waals surface area contributed by atoms with Gasteiger partial charge in [-0.1, -0.05) is 76.1 Å². The van der Waals surface area contributed by atoms with Crippen molar-refractivity contribution in [1.82, 2.24) is 0 Å². The standard InChI is InChI=1S/C23H30O4/c1-17(2)11-7-5-10-14-21(19(4)22(24)25)27-23(26)18(3)15-16-20-12-8-6-9-13-20/h6,8-9,12-13,15-17H,3,5,7,10-11,14H2,1-2,4H3,(H,24,25). The first kappa shape index (κ1) is 22.4. The van der Waals surface area contributed by atoms with Gasteiger partial charge in [0, 0.05) is 6.42 Å². The second-order valence-electron chi connectivity index (χ2n) is 7.01. The van der Waals surface area contributed by atoms with Gasteiger partial charge in [0.15, 0.2) is 0 Å². The molecule has 0 aliphatic heterocycles. The van der Waals surface area contributed by atoms with Crippen molar-refractivity contribution in [2.24, 2.45) is 5.92 Å². The fraction of sp³-hybridized carbons (Fsp3) is 0.391. The number of hydrogen-bond donors (Lipinski definition) is 1. The number of unbranched alkanes of at least 4 members (excludes halogenated alkanes) is 2. The Balaban J connectivity index is 2.67. The van der Waals surface area contributed by atoms with Gasteiger partial charge < -0.3 is 9.84 Å². The molecule has 4 nitrogen and oxygen atoms in total. The molecule has 4 heteroatoms. The Kier molecular flexibility index (Phi) is 9.88. The quantitative estimate of drug-likeness (QED) is 0.177. The van der Waals surface area contributed by atoms with E-state index >= 15 is 0 Å². The predicted octanol–water partition coefficient (Wildman–Crippen LogP) is 5.76. The van der Waals surface area contributed by atoms with Crippen molar-refractivity contribution < 1.29 is 19.4 Å². The highest BCUT2D eigenvalue weighted by molar-refractivity contribution is 5.94. The van der Waals surface area contributed by atoms with Crippen LogP contribution in [0.15, 0.2) is 59.9 Å². The molecule has 0 aliphatic carbocycles. The minimum atomic E-state index is -1.08. The smallest absolute Gasteiger partial charge is 0.342 e. The van der Waals surface area contributed by atoms with Crippen LogP contribution >= 0.6 is 0 Å². The molecule has 0 aromatic heterocycles. The third kappa shape index (κ3) is 9.04. The van der Waals surface area contributed by atoms with E-state index in [1.165, 1.54) is 6.92 Å². The first-order valence-corrected chi connectivity index (χ1v) is 9.38. The van der Waals surface area contributed by atoms with Crippen LogP contribution in [0.2, 0.25) is 0 Å². The van der Waals surface area contributed by atoms with Crippen molar-refractivity contribution in [3.05, 3.63) is 65.5 Å². The Morgan fingerprint density at radius 1 is 1.15 bits per heavy atom. The number of carbonyl (C=O) groups is 2. The highest BCUT2D eigenvalue weighted by atomic mass is 16.5. The van der Waals surface area contributed by atoms with Gasteiger partial charge in [-0.25, -0.2) is 9.59 Å². The van der Waals surface area contributed by atoms with E-state index in [9.17, 15) is 14.7 Å². The Morgan fingerprint density at radius 2 is 1.81 bits per heavy atom. The number of carboxylic acid groups (broad SMARTS) is 1. The van der Waals surface area contributed by atoms with Gasteiger partial charge in [-0.05, 0) is 30.9 Å². The summed E-state index contributed by atoms with van der Waals surface area (Å²) < 4.78 is 5.36. The molecule has 1 rings (SSSR count). The maximum atomic E-state index is 12.3. The van der Waals surface area contributed by atoms with Crippen molar-refractivity contribution in [2.45, 2.75) is 52.9 Å². The molecule has 0 spiro atoms. The SMILES string of the molecule is C=C(C=Cc1ccccc1)C(=O)OC(CCCCCC(C)C)=C(C)C(=O)O. The first-order valence-electron chi connectivity index (χ1n) is 9.38. The monoisotopic (exact) mass is 370 g/mol. The summed E-state index contributed by atoms with van der Waals surface area (Å²) in [4.78, 5) is 23.6. The molecule has 0 radical (unpaired) electrons. The molecule has 27 heavy (non-hydrogen) atoms. The van der Waals surface area contributed by atoms with Crippen molar-refractivity contribution in [1.29, 1.82) is 0 Å². The highest BCUT2D eigenvalue weighted by Crippen LogP contribution is 2.19. The van der Waals surface area contributed by atoms with Crippen LogP contribution in [0.1, 0.15) is 58.4 Å². The van der Waals surface area contributed by atoms with E-state index in [0.29, 0.717) is 12.3 Å². The van der Waals surface area contributed by atoms with Crippen molar-refractivity contribution >= 4 is 18.0 Å². The zero-order chi connectivity index (χ0) is 20.2. The fourth-order valence-corrected chi connectivity index (χ4v) is 2.46.